The first-order chi connectivity index (χ1) is 7.86. The van der Waals surface area contributed by atoms with Crippen LogP contribution in [0.5, 0.6) is 0 Å². The summed E-state index contributed by atoms with van der Waals surface area (Å²) in [5, 5.41) is 8.80. The van der Waals surface area contributed by atoms with Crippen molar-refractivity contribution in [3.63, 3.8) is 0 Å². The molecule has 3 nitrogen and oxygen atoms in total. The number of hydrogen-bond acceptors (Lipinski definition) is 2. The molecule has 1 aliphatic heterocycles. The number of hydrogen-bond donors (Lipinski definition) is 1. The third-order valence-electron chi connectivity index (χ3n) is 3.22. The highest BCUT2D eigenvalue weighted by Crippen LogP contribution is 2.29. The van der Waals surface area contributed by atoms with E-state index in [1.54, 1.807) is 0 Å². The van der Waals surface area contributed by atoms with Crippen molar-refractivity contribution in [1.29, 1.82) is 0 Å². The summed E-state index contributed by atoms with van der Waals surface area (Å²) in [6.45, 7) is 8.22. The van der Waals surface area contributed by atoms with Gasteiger partial charge in [0.05, 0.1) is 6.54 Å². The Labute approximate surface area is 102 Å². The van der Waals surface area contributed by atoms with E-state index in [0.29, 0.717) is 0 Å². The van der Waals surface area contributed by atoms with Gasteiger partial charge >= 0.3 is 5.97 Å². The molecule has 0 radical (unpaired) electrons. The Morgan fingerprint density at radius 3 is 2.53 bits per heavy atom. The Balaban J connectivity index is 2.19. The highest BCUT2D eigenvalue weighted by Gasteiger charge is 2.23. The van der Waals surface area contributed by atoms with E-state index in [0.717, 1.165) is 13.1 Å². The summed E-state index contributed by atoms with van der Waals surface area (Å²) in [5.41, 5.74) is 4.00. The van der Waals surface area contributed by atoms with Crippen LogP contribution in [0.15, 0.2) is 18.2 Å². The fraction of sp³-hybridized carbons (Fsp3) is 0.500. The first-order valence-electron chi connectivity index (χ1n) is 5.93. The van der Waals surface area contributed by atoms with Gasteiger partial charge in [0.2, 0.25) is 0 Å². The van der Waals surface area contributed by atoms with Gasteiger partial charge in [0, 0.05) is 13.1 Å². The molecule has 0 atom stereocenters. The van der Waals surface area contributed by atoms with E-state index in [2.05, 4.69) is 39.0 Å². The van der Waals surface area contributed by atoms with E-state index < -0.39 is 5.97 Å². The van der Waals surface area contributed by atoms with E-state index in [9.17, 15) is 4.79 Å². The minimum Gasteiger partial charge on any atom is -0.480 e. The predicted octanol–water partition coefficient (Wildman–Crippen LogP) is 2.38. The minimum absolute atomic E-state index is 0.125. The van der Waals surface area contributed by atoms with Gasteiger partial charge in [-0.15, -0.1) is 0 Å². The molecule has 1 aromatic carbocycles. The molecule has 1 aromatic rings. The number of carbonyl (C=O) groups is 1. The van der Waals surface area contributed by atoms with Crippen LogP contribution in [0, 0.1) is 0 Å². The summed E-state index contributed by atoms with van der Waals surface area (Å²) >= 11 is 0. The normalized spacial score (nSPS) is 15.9. The second kappa shape index (κ2) is 4.15. The summed E-state index contributed by atoms with van der Waals surface area (Å²) < 4.78 is 0. The van der Waals surface area contributed by atoms with Crippen molar-refractivity contribution in [1.82, 2.24) is 4.90 Å². The maximum absolute atomic E-state index is 10.7. The maximum atomic E-state index is 10.7. The molecule has 0 unspecified atom stereocenters. The first-order valence-corrected chi connectivity index (χ1v) is 5.93. The van der Waals surface area contributed by atoms with Crippen molar-refractivity contribution in [2.45, 2.75) is 39.3 Å². The van der Waals surface area contributed by atoms with Gasteiger partial charge in [0.1, 0.15) is 0 Å². The van der Waals surface area contributed by atoms with E-state index in [1.165, 1.54) is 16.7 Å². The Morgan fingerprint density at radius 1 is 1.29 bits per heavy atom. The molecule has 17 heavy (non-hydrogen) atoms. The number of fused-ring (bicyclic) bond motifs is 1. The van der Waals surface area contributed by atoms with Gasteiger partial charge in [-0.2, -0.15) is 0 Å². The third-order valence-corrected chi connectivity index (χ3v) is 3.22. The lowest BCUT2D eigenvalue weighted by molar-refractivity contribution is -0.138. The van der Waals surface area contributed by atoms with Crippen LogP contribution in [0.3, 0.4) is 0 Å². The molecule has 1 aliphatic rings. The molecule has 0 spiro atoms. The van der Waals surface area contributed by atoms with E-state index in [-0.39, 0.29) is 12.0 Å². The van der Waals surface area contributed by atoms with Gasteiger partial charge in [-0.05, 0) is 22.1 Å². The van der Waals surface area contributed by atoms with Crippen LogP contribution >= 0.6 is 0 Å². The lowest BCUT2D eigenvalue weighted by Gasteiger charge is -2.19. The smallest absolute Gasteiger partial charge is 0.317 e. The fourth-order valence-corrected chi connectivity index (χ4v) is 2.23. The average molecular weight is 233 g/mol. The maximum Gasteiger partial charge on any atom is 0.317 e. The second-order valence-corrected chi connectivity index (χ2v) is 5.77. The van der Waals surface area contributed by atoms with Crippen molar-refractivity contribution in [3.05, 3.63) is 34.9 Å². The van der Waals surface area contributed by atoms with Crippen LogP contribution in [0.2, 0.25) is 0 Å². The topological polar surface area (TPSA) is 40.5 Å². The molecule has 0 bridgehead atoms. The highest BCUT2D eigenvalue weighted by atomic mass is 16.4. The number of carboxylic acid groups (broad SMARTS) is 1. The number of rotatable bonds is 2. The van der Waals surface area contributed by atoms with Crippen molar-refractivity contribution in [2.24, 2.45) is 0 Å². The van der Waals surface area contributed by atoms with E-state index in [4.69, 9.17) is 5.11 Å². The van der Waals surface area contributed by atoms with Crippen LogP contribution in [0.4, 0.5) is 0 Å². The molecule has 0 aromatic heterocycles. The van der Waals surface area contributed by atoms with Gasteiger partial charge in [-0.25, -0.2) is 0 Å². The Hall–Kier alpha value is -1.35. The molecule has 1 heterocycles. The SMILES string of the molecule is CC(C)(C)c1ccc2c(c1)CN(CC(=O)O)C2. The van der Waals surface area contributed by atoms with Crippen molar-refractivity contribution >= 4 is 5.97 Å². The summed E-state index contributed by atoms with van der Waals surface area (Å²) in [7, 11) is 0. The van der Waals surface area contributed by atoms with Crippen LogP contribution < -0.4 is 0 Å². The van der Waals surface area contributed by atoms with Gasteiger partial charge in [-0.1, -0.05) is 39.0 Å². The van der Waals surface area contributed by atoms with Crippen molar-refractivity contribution in [3.8, 4) is 0 Å². The van der Waals surface area contributed by atoms with Crippen molar-refractivity contribution in [2.75, 3.05) is 6.54 Å². The molecule has 0 fully saturated rings. The minimum atomic E-state index is -0.756. The van der Waals surface area contributed by atoms with Crippen LogP contribution in [0.25, 0.3) is 0 Å². The molecule has 1 N–H and O–H groups in total. The number of carboxylic acids is 1. The van der Waals surface area contributed by atoms with Gasteiger partial charge < -0.3 is 5.11 Å². The zero-order valence-electron chi connectivity index (χ0n) is 10.7. The largest absolute Gasteiger partial charge is 0.480 e. The first kappa shape index (κ1) is 12.1. The molecule has 92 valence electrons. The quantitative estimate of drug-likeness (QED) is 0.852. The molecule has 0 saturated carbocycles. The Kier molecular flexibility index (Phi) is 2.96. The zero-order valence-corrected chi connectivity index (χ0v) is 10.7. The van der Waals surface area contributed by atoms with Gasteiger partial charge in [0.25, 0.3) is 0 Å². The molecular weight excluding hydrogens is 214 g/mol. The van der Waals surface area contributed by atoms with E-state index >= 15 is 0 Å². The molecular formula is C14H19NO2. The summed E-state index contributed by atoms with van der Waals surface area (Å²) in [6, 6.07) is 6.51. The lowest BCUT2D eigenvalue weighted by atomic mass is 9.85. The average Bonchev–Trinajstić information content (AvgIpc) is 2.55. The van der Waals surface area contributed by atoms with Crippen molar-refractivity contribution < 1.29 is 9.90 Å². The molecule has 0 aliphatic carbocycles. The lowest BCUT2D eigenvalue weighted by Crippen LogP contribution is -2.24. The number of benzene rings is 1. The second-order valence-electron chi connectivity index (χ2n) is 5.77. The predicted molar refractivity (Wildman–Crippen MR) is 66.9 cm³/mol. The van der Waals surface area contributed by atoms with Crippen LogP contribution in [-0.4, -0.2) is 22.5 Å². The third kappa shape index (κ3) is 2.67. The molecule has 0 saturated heterocycles. The van der Waals surface area contributed by atoms with Gasteiger partial charge in [0.15, 0.2) is 0 Å². The van der Waals surface area contributed by atoms with Crippen LogP contribution in [0.1, 0.15) is 37.5 Å². The van der Waals surface area contributed by atoms with E-state index in [1.807, 2.05) is 4.90 Å². The Morgan fingerprint density at radius 2 is 1.94 bits per heavy atom. The molecule has 0 amide bonds. The summed E-state index contributed by atoms with van der Waals surface area (Å²) in [4.78, 5) is 12.6. The molecule has 2 rings (SSSR count). The number of aliphatic carboxylic acids is 1. The van der Waals surface area contributed by atoms with Crippen LogP contribution in [-0.2, 0) is 23.3 Å². The highest BCUT2D eigenvalue weighted by molar-refractivity contribution is 5.69. The summed E-state index contributed by atoms with van der Waals surface area (Å²) in [5.74, 6) is -0.756. The standard InChI is InChI=1S/C14H19NO2/c1-14(2,3)12-5-4-10-7-15(9-13(16)17)8-11(10)6-12/h4-6H,7-9H2,1-3H3,(H,16,17). The zero-order chi connectivity index (χ0) is 12.6. The summed E-state index contributed by atoms with van der Waals surface area (Å²) in [6.07, 6.45) is 0. The number of nitrogens with zero attached hydrogens (tertiary/aromatic N) is 1. The monoisotopic (exact) mass is 233 g/mol. The van der Waals surface area contributed by atoms with Gasteiger partial charge in [-0.3, -0.25) is 9.69 Å². The Bertz CT molecular complexity index is 446. The fourth-order valence-electron chi connectivity index (χ4n) is 2.23. The molecule has 3 heteroatoms.